The summed E-state index contributed by atoms with van der Waals surface area (Å²) in [4.78, 5) is 23.5. The third kappa shape index (κ3) is 8.03. The van der Waals surface area contributed by atoms with Crippen molar-refractivity contribution >= 4 is 23.4 Å². The zero-order valence-electron chi connectivity index (χ0n) is 14.5. The molecule has 0 atom stereocenters. The van der Waals surface area contributed by atoms with Crippen LogP contribution in [0.3, 0.4) is 0 Å². The average molecular weight is 375 g/mol. The second kappa shape index (κ2) is 11.2. The van der Waals surface area contributed by atoms with E-state index in [0.29, 0.717) is 37.6 Å². The average Bonchev–Trinajstić information content (AvgIpc) is 2.66. The zero-order valence-corrected chi connectivity index (χ0v) is 15.3. The third-order valence-corrected chi connectivity index (χ3v) is 3.92. The van der Waals surface area contributed by atoms with Gasteiger partial charge in [-0.15, -0.1) is 0 Å². The Morgan fingerprint density at radius 3 is 2.12 bits per heavy atom. The van der Waals surface area contributed by atoms with Crippen molar-refractivity contribution in [3.05, 3.63) is 65.2 Å². The molecule has 0 bridgehead atoms. The number of hydrogen-bond donors (Lipinski definition) is 2. The van der Waals surface area contributed by atoms with Crippen molar-refractivity contribution in [2.45, 2.75) is 19.3 Å². The highest BCUT2D eigenvalue weighted by molar-refractivity contribution is 6.30. The summed E-state index contributed by atoms with van der Waals surface area (Å²) in [6.07, 6.45) is 1.34. The molecule has 138 valence electrons. The Morgan fingerprint density at radius 1 is 0.846 bits per heavy atom. The molecule has 2 aromatic rings. The highest BCUT2D eigenvalue weighted by Gasteiger charge is 2.04. The van der Waals surface area contributed by atoms with Crippen molar-refractivity contribution in [2.24, 2.45) is 0 Å². The van der Waals surface area contributed by atoms with Crippen LogP contribution in [0.15, 0.2) is 54.6 Å². The number of carbonyl (C=O) groups excluding carboxylic acids is 2. The normalized spacial score (nSPS) is 10.2. The van der Waals surface area contributed by atoms with Crippen LogP contribution in [-0.2, 0) is 16.0 Å². The number of halogens is 1. The molecule has 2 aromatic carbocycles. The lowest BCUT2D eigenvalue weighted by atomic mass is 10.1. The van der Waals surface area contributed by atoms with E-state index in [2.05, 4.69) is 10.6 Å². The summed E-state index contributed by atoms with van der Waals surface area (Å²) in [7, 11) is 0. The van der Waals surface area contributed by atoms with E-state index in [4.69, 9.17) is 16.3 Å². The van der Waals surface area contributed by atoms with E-state index in [9.17, 15) is 9.59 Å². The first-order chi connectivity index (χ1) is 12.6. The molecule has 0 saturated heterocycles. The van der Waals surface area contributed by atoms with E-state index < -0.39 is 0 Å². The Kier molecular flexibility index (Phi) is 8.49. The zero-order chi connectivity index (χ0) is 18.6. The first-order valence-corrected chi connectivity index (χ1v) is 8.97. The van der Waals surface area contributed by atoms with Gasteiger partial charge in [-0.25, -0.2) is 0 Å². The first kappa shape index (κ1) is 19.8. The molecule has 0 fully saturated rings. The Morgan fingerprint density at radius 2 is 1.46 bits per heavy atom. The molecule has 2 rings (SSSR count). The Balaban J connectivity index is 1.50. The molecule has 0 aliphatic carbocycles. The van der Waals surface area contributed by atoms with Crippen molar-refractivity contribution in [1.29, 1.82) is 0 Å². The van der Waals surface area contributed by atoms with Crippen LogP contribution in [0.25, 0.3) is 0 Å². The summed E-state index contributed by atoms with van der Waals surface area (Å²) in [6.45, 7) is 1.13. The molecule has 2 amide bonds. The molecular weight excluding hydrogens is 352 g/mol. The first-order valence-electron chi connectivity index (χ1n) is 8.59. The molecule has 6 heteroatoms. The molecule has 0 heterocycles. The highest BCUT2D eigenvalue weighted by atomic mass is 35.5. The number of para-hydroxylation sites is 1. The second-order valence-electron chi connectivity index (χ2n) is 5.74. The number of aryl methyl sites for hydroxylation is 1. The van der Waals surface area contributed by atoms with Crippen LogP contribution < -0.4 is 15.4 Å². The molecule has 0 unspecified atom stereocenters. The fourth-order valence-corrected chi connectivity index (χ4v) is 2.39. The number of nitrogens with one attached hydrogen (secondary N) is 2. The summed E-state index contributed by atoms with van der Waals surface area (Å²) >= 11 is 5.83. The van der Waals surface area contributed by atoms with Gasteiger partial charge in [0.15, 0.2) is 0 Å². The van der Waals surface area contributed by atoms with E-state index in [1.54, 1.807) is 0 Å². The van der Waals surface area contributed by atoms with E-state index in [1.165, 1.54) is 0 Å². The summed E-state index contributed by atoms with van der Waals surface area (Å²) in [5, 5.41) is 6.23. The smallest absolute Gasteiger partial charge is 0.223 e. The number of hydrogen-bond acceptors (Lipinski definition) is 3. The predicted octanol–water partition coefficient (Wildman–Crippen LogP) is 2.97. The van der Waals surface area contributed by atoms with Gasteiger partial charge in [0, 0.05) is 24.5 Å². The van der Waals surface area contributed by atoms with Crippen LogP contribution in [0.5, 0.6) is 5.75 Å². The Bertz CT molecular complexity index is 690. The highest BCUT2D eigenvalue weighted by Crippen LogP contribution is 2.11. The van der Waals surface area contributed by atoms with Crippen LogP contribution in [0.2, 0.25) is 5.02 Å². The molecule has 0 radical (unpaired) electrons. The molecule has 0 aromatic heterocycles. The maximum atomic E-state index is 11.8. The second-order valence-corrected chi connectivity index (χ2v) is 6.17. The van der Waals surface area contributed by atoms with Gasteiger partial charge >= 0.3 is 0 Å². The van der Waals surface area contributed by atoms with Gasteiger partial charge in [-0.3, -0.25) is 9.59 Å². The Labute approximate surface area is 158 Å². The van der Waals surface area contributed by atoms with Crippen LogP contribution in [0, 0.1) is 0 Å². The van der Waals surface area contributed by atoms with Crippen LogP contribution in [-0.4, -0.2) is 31.5 Å². The summed E-state index contributed by atoms with van der Waals surface area (Å²) in [5.74, 6) is 0.603. The predicted molar refractivity (Wildman–Crippen MR) is 102 cm³/mol. The van der Waals surface area contributed by atoms with E-state index in [-0.39, 0.29) is 18.2 Å². The van der Waals surface area contributed by atoms with Gasteiger partial charge in [0.2, 0.25) is 11.8 Å². The van der Waals surface area contributed by atoms with Crippen molar-refractivity contribution in [3.63, 3.8) is 0 Å². The maximum absolute atomic E-state index is 11.8. The van der Waals surface area contributed by atoms with Gasteiger partial charge in [0.1, 0.15) is 5.75 Å². The number of benzene rings is 2. The van der Waals surface area contributed by atoms with Crippen molar-refractivity contribution in [2.75, 3.05) is 19.7 Å². The van der Waals surface area contributed by atoms with Crippen molar-refractivity contribution < 1.29 is 14.3 Å². The van der Waals surface area contributed by atoms with Gasteiger partial charge in [-0.1, -0.05) is 41.9 Å². The number of carbonyl (C=O) groups is 2. The van der Waals surface area contributed by atoms with Crippen LogP contribution >= 0.6 is 11.6 Å². The van der Waals surface area contributed by atoms with Gasteiger partial charge in [0.05, 0.1) is 13.0 Å². The van der Waals surface area contributed by atoms with E-state index in [0.717, 1.165) is 11.3 Å². The number of amides is 2. The minimum atomic E-state index is -0.101. The molecule has 0 aliphatic rings. The third-order valence-electron chi connectivity index (χ3n) is 3.66. The van der Waals surface area contributed by atoms with Crippen molar-refractivity contribution in [3.8, 4) is 5.75 Å². The molecule has 0 spiro atoms. The van der Waals surface area contributed by atoms with Gasteiger partial charge in [-0.2, -0.15) is 0 Å². The topological polar surface area (TPSA) is 67.4 Å². The lowest BCUT2D eigenvalue weighted by molar-refractivity contribution is -0.123. The largest absolute Gasteiger partial charge is 0.493 e. The van der Waals surface area contributed by atoms with Crippen LogP contribution in [0.4, 0.5) is 0 Å². The lowest BCUT2D eigenvalue weighted by Crippen LogP contribution is -2.35. The van der Waals surface area contributed by atoms with Gasteiger partial charge in [-0.05, 0) is 36.2 Å². The fourth-order valence-electron chi connectivity index (χ4n) is 2.27. The Hall–Kier alpha value is -2.53. The molecular formula is C20H23ClN2O3. The standard InChI is InChI=1S/C20H23ClN2O3/c21-17-9-6-16(7-10-17)8-11-19(24)22-13-14-23-20(25)12-15-26-18-4-2-1-3-5-18/h1-7,9-10H,8,11-15H2,(H,22,24)(H,23,25). The quantitative estimate of drug-likeness (QED) is 0.628. The number of rotatable bonds is 10. The van der Waals surface area contributed by atoms with E-state index in [1.807, 2.05) is 54.6 Å². The molecule has 26 heavy (non-hydrogen) atoms. The molecule has 0 saturated carbocycles. The van der Waals surface area contributed by atoms with Crippen LogP contribution in [0.1, 0.15) is 18.4 Å². The SMILES string of the molecule is O=C(CCOc1ccccc1)NCCNC(=O)CCc1ccc(Cl)cc1. The summed E-state index contributed by atoms with van der Waals surface area (Å²) < 4.78 is 5.46. The summed E-state index contributed by atoms with van der Waals surface area (Å²) in [5.41, 5.74) is 1.07. The summed E-state index contributed by atoms with van der Waals surface area (Å²) in [6, 6.07) is 16.8. The lowest BCUT2D eigenvalue weighted by Gasteiger charge is -2.08. The minimum Gasteiger partial charge on any atom is -0.493 e. The van der Waals surface area contributed by atoms with Gasteiger partial charge in [0.25, 0.3) is 0 Å². The number of ether oxygens (including phenoxy) is 1. The molecule has 2 N–H and O–H groups in total. The molecule has 0 aliphatic heterocycles. The van der Waals surface area contributed by atoms with E-state index >= 15 is 0 Å². The van der Waals surface area contributed by atoms with Crippen molar-refractivity contribution in [1.82, 2.24) is 10.6 Å². The maximum Gasteiger partial charge on any atom is 0.223 e. The monoisotopic (exact) mass is 374 g/mol. The minimum absolute atomic E-state index is 0.0402. The molecule has 5 nitrogen and oxygen atoms in total. The fraction of sp³-hybridized carbons (Fsp3) is 0.300. The van der Waals surface area contributed by atoms with Gasteiger partial charge < -0.3 is 15.4 Å².